The number of carbonyl (C=O) groups is 1. The van der Waals surface area contributed by atoms with Crippen molar-refractivity contribution in [1.29, 1.82) is 0 Å². The molecule has 0 aliphatic carbocycles. The summed E-state index contributed by atoms with van der Waals surface area (Å²) in [5, 5.41) is 11.6. The second kappa shape index (κ2) is 8.01. The second-order valence-corrected chi connectivity index (χ2v) is 6.66. The Labute approximate surface area is 165 Å². The van der Waals surface area contributed by atoms with Crippen molar-refractivity contribution >= 4 is 23.2 Å². The number of methoxy groups -OCH3 is 1. The second-order valence-electron chi connectivity index (χ2n) is 5.88. The van der Waals surface area contributed by atoms with E-state index in [1.54, 1.807) is 41.8 Å². The van der Waals surface area contributed by atoms with E-state index < -0.39 is 0 Å². The van der Waals surface area contributed by atoms with Crippen molar-refractivity contribution < 1.29 is 9.53 Å². The van der Waals surface area contributed by atoms with Crippen LogP contribution in [0.25, 0.3) is 11.5 Å². The van der Waals surface area contributed by atoms with Crippen molar-refractivity contribution in [3.8, 4) is 17.3 Å². The first-order valence-corrected chi connectivity index (χ1v) is 9.51. The van der Waals surface area contributed by atoms with Crippen molar-refractivity contribution in [2.75, 3.05) is 12.4 Å². The summed E-state index contributed by atoms with van der Waals surface area (Å²) in [5.74, 6) is 0.866. The van der Waals surface area contributed by atoms with Gasteiger partial charge in [0.05, 0.1) is 12.7 Å². The van der Waals surface area contributed by atoms with E-state index in [2.05, 4.69) is 20.4 Å². The van der Waals surface area contributed by atoms with Gasteiger partial charge in [0.25, 0.3) is 5.91 Å². The Hall–Kier alpha value is -3.52. The number of nitrogens with one attached hydrogen (secondary N) is 1. The summed E-state index contributed by atoms with van der Waals surface area (Å²) in [6.07, 6.45) is 1.66. The van der Waals surface area contributed by atoms with E-state index in [-0.39, 0.29) is 5.91 Å². The zero-order valence-corrected chi connectivity index (χ0v) is 15.9. The van der Waals surface area contributed by atoms with Crippen molar-refractivity contribution in [3.63, 3.8) is 0 Å². The minimum Gasteiger partial charge on any atom is -0.496 e. The summed E-state index contributed by atoms with van der Waals surface area (Å²) in [6.45, 7) is 0.531. The molecule has 0 saturated carbocycles. The molecule has 1 aromatic carbocycles. The quantitative estimate of drug-likeness (QED) is 0.540. The first-order valence-electron chi connectivity index (χ1n) is 8.57. The van der Waals surface area contributed by atoms with E-state index in [0.29, 0.717) is 35.3 Å². The standard InChI is InChI=1S/C20H17N5O2S/c1-27-17-8-3-2-6-15(17)19(26)25-20(22-12-14-9-11-28-13-14)23-18(24-25)16-7-4-5-10-21-16/h2-11,13H,12H2,1H3,(H,22,23,24). The topological polar surface area (TPSA) is 81.9 Å². The lowest BCUT2D eigenvalue weighted by atomic mass is 10.2. The fourth-order valence-electron chi connectivity index (χ4n) is 2.68. The number of hydrogen-bond donors (Lipinski definition) is 1. The highest BCUT2D eigenvalue weighted by Gasteiger charge is 2.21. The van der Waals surface area contributed by atoms with Gasteiger partial charge in [-0.1, -0.05) is 18.2 Å². The average Bonchev–Trinajstić information content (AvgIpc) is 3.42. The lowest BCUT2D eigenvalue weighted by molar-refractivity contribution is 0.0944. The first-order chi connectivity index (χ1) is 13.8. The molecule has 7 nitrogen and oxygen atoms in total. The fourth-order valence-corrected chi connectivity index (χ4v) is 3.35. The number of anilines is 1. The smallest absolute Gasteiger partial charge is 0.285 e. The zero-order valence-electron chi connectivity index (χ0n) is 15.1. The third-order valence-electron chi connectivity index (χ3n) is 4.06. The van der Waals surface area contributed by atoms with Gasteiger partial charge < -0.3 is 10.1 Å². The predicted molar refractivity (Wildman–Crippen MR) is 108 cm³/mol. The molecule has 0 saturated heterocycles. The third kappa shape index (κ3) is 3.63. The third-order valence-corrected chi connectivity index (χ3v) is 4.79. The Kier molecular flexibility index (Phi) is 5.11. The van der Waals surface area contributed by atoms with E-state index >= 15 is 0 Å². The van der Waals surface area contributed by atoms with Gasteiger partial charge in [-0.25, -0.2) is 0 Å². The van der Waals surface area contributed by atoms with Gasteiger partial charge >= 0.3 is 0 Å². The zero-order chi connectivity index (χ0) is 19.3. The number of hydrogen-bond acceptors (Lipinski definition) is 7. The Balaban J connectivity index is 1.73. The van der Waals surface area contributed by atoms with Gasteiger partial charge in [0.1, 0.15) is 11.4 Å². The molecule has 0 unspecified atom stereocenters. The minimum atomic E-state index is -0.333. The molecule has 4 rings (SSSR count). The summed E-state index contributed by atoms with van der Waals surface area (Å²) in [6, 6.07) is 14.5. The van der Waals surface area contributed by atoms with Crippen LogP contribution < -0.4 is 10.1 Å². The van der Waals surface area contributed by atoms with E-state index in [9.17, 15) is 4.79 Å². The summed E-state index contributed by atoms with van der Waals surface area (Å²) in [4.78, 5) is 22.0. The van der Waals surface area contributed by atoms with Crippen LogP contribution >= 0.6 is 11.3 Å². The van der Waals surface area contributed by atoms with Crippen LogP contribution in [0.1, 0.15) is 15.9 Å². The maximum atomic E-state index is 13.2. The summed E-state index contributed by atoms with van der Waals surface area (Å²) in [5.41, 5.74) is 2.09. The predicted octanol–water partition coefficient (Wildman–Crippen LogP) is 3.71. The minimum absolute atomic E-state index is 0.333. The highest BCUT2D eigenvalue weighted by molar-refractivity contribution is 7.07. The molecule has 28 heavy (non-hydrogen) atoms. The van der Waals surface area contributed by atoms with Crippen molar-refractivity contribution in [2.45, 2.75) is 6.54 Å². The molecular weight excluding hydrogens is 374 g/mol. The number of pyridine rings is 1. The normalized spacial score (nSPS) is 10.6. The number of ether oxygens (including phenoxy) is 1. The number of para-hydroxylation sites is 1. The largest absolute Gasteiger partial charge is 0.496 e. The molecule has 0 spiro atoms. The number of rotatable bonds is 6. The molecular formula is C20H17N5O2S. The van der Waals surface area contributed by atoms with Crippen molar-refractivity contribution in [1.82, 2.24) is 19.7 Å². The van der Waals surface area contributed by atoms with Gasteiger partial charge in [-0.2, -0.15) is 21.0 Å². The van der Waals surface area contributed by atoms with E-state index in [4.69, 9.17) is 4.74 Å². The Morgan fingerprint density at radius 3 is 2.79 bits per heavy atom. The average molecular weight is 391 g/mol. The number of thiophene rings is 1. The molecule has 4 aromatic rings. The monoisotopic (exact) mass is 391 g/mol. The summed E-state index contributed by atoms with van der Waals surface area (Å²) >= 11 is 1.61. The van der Waals surface area contributed by atoms with Crippen LogP contribution in [0.15, 0.2) is 65.5 Å². The molecule has 0 fully saturated rings. The van der Waals surface area contributed by atoms with Gasteiger partial charge in [0.2, 0.25) is 11.8 Å². The molecule has 0 radical (unpaired) electrons. The fraction of sp³-hybridized carbons (Fsp3) is 0.100. The molecule has 0 aliphatic rings. The molecule has 8 heteroatoms. The molecule has 140 valence electrons. The van der Waals surface area contributed by atoms with Crippen LogP contribution in [0.2, 0.25) is 0 Å². The van der Waals surface area contributed by atoms with Crippen LogP contribution in [0.5, 0.6) is 5.75 Å². The molecule has 1 N–H and O–H groups in total. The lowest BCUT2D eigenvalue weighted by Gasteiger charge is -2.09. The Morgan fingerprint density at radius 1 is 1.18 bits per heavy atom. The number of carbonyl (C=O) groups excluding carboxylic acids is 1. The van der Waals surface area contributed by atoms with Crippen LogP contribution in [0, 0.1) is 0 Å². The molecule has 0 aliphatic heterocycles. The number of aromatic nitrogens is 4. The van der Waals surface area contributed by atoms with Crippen LogP contribution in [-0.4, -0.2) is 32.8 Å². The highest BCUT2D eigenvalue weighted by Crippen LogP contribution is 2.22. The maximum Gasteiger partial charge on any atom is 0.285 e. The van der Waals surface area contributed by atoms with Gasteiger partial charge in [0, 0.05) is 12.7 Å². The molecule has 3 heterocycles. The number of nitrogens with zero attached hydrogens (tertiary/aromatic N) is 4. The molecule has 0 bridgehead atoms. The molecule has 0 amide bonds. The Morgan fingerprint density at radius 2 is 2.04 bits per heavy atom. The van der Waals surface area contributed by atoms with Gasteiger partial charge in [0.15, 0.2) is 0 Å². The maximum absolute atomic E-state index is 13.2. The van der Waals surface area contributed by atoms with E-state index in [1.165, 1.54) is 11.8 Å². The van der Waals surface area contributed by atoms with Gasteiger partial charge in [-0.05, 0) is 46.7 Å². The van der Waals surface area contributed by atoms with Crippen molar-refractivity contribution in [3.05, 3.63) is 76.6 Å². The Bertz CT molecular complexity index is 1080. The highest BCUT2D eigenvalue weighted by atomic mass is 32.1. The van der Waals surface area contributed by atoms with Crippen LogP contribution in [-0.2, 0) is 6.54 Å². The van der Waals surface area contributed by atoms with Gasteiger partial charge in [-0.3, -0.25) is 9.78 Å². The van der Waals surface area contributed by atoms with Gasteiger partial charge in [-0.15, -0.1) is 5.10 Å². The molecule has 3 aromatic heterocycles. The van der Waals surface area contributed by atoms with E-state index in [0.717, 1.165) is 5.56 Å². The molecule has 0 atom stereocenters. The van der Waals surface area contributed by atoms with Crippen LogP contribution in [0.4, 0.5) is 5.95 Å². The lowest BCUT2D eigenvalue weighted by Crippen LogP contribution is -2.18. The summed E-state index contributed by atoms with van der Waals surface area (Å²) < 4.78 is 6.58. The summed E-state index contributed by atoms with van der Waals surface area (Å²) in [7, 11) is 1.53. The SMILES string of the molecule is COc1ccccc1C(=O)n1nc(-c2ccccn2)nc1NCc1ccsc1. The number of benzene rings is 1. The first kappa shape index (κ1) is 17.9. The van der Waals surface area contributed by atoms with Crippen molar-refractivity contribution in [2.24, 2.45) is 0 Å². The van der Waals surface area contributed by atoms with E-state index in [1.807, 2.05) is 35.0 Å². The van der Waals surface area contributed by atoms with Crippen LogP contribution in [0.3, 0.4) is 0 Å².